The highest BCUT2D eigenvalue weighted by Gasteiger charge is 2.19. The Hall–Kier alpha value is -2.39. The number of thiocarbonyl (C=S) groups is 1. The summed E-state index contributed by atoms with van der Waals surface area (Å²) in [6, 6.07) is 5.86. The minimum Gasteiger partial charge on any atom is -0.467 e. The highest BCUT2D eigenvalue weighted by atomic mass is 32.1. The lowest BCUT2D eigenvalue weighted by Crippen LogP contribution is -2.37. The van der Waals surface area contributed by atoms with Gasteiger partial charge < -0.3 is 29.6 Å². The van der Waals surface area contributed by atoms with Crippen molar-refractivity contribution in [3.8, 4) is 0 Å². The predicted octanol–water partition coefficient (Wildman–Crippen LogP) is 2.77. The van der Waals surface area contributed by atoms with Gasteiger partial charge in [0, 0.05) is 32.2 Å². The number of nitrogens with one attached hydrogen (secondary N) is 2. The first kappa shape index (κ1) is 19.9. The molecule has 0 unspecified atom stereocenters. The lowest BCUT2D eigenvalue weighted by atomic mass is 10.2. The van der Waals surface area contributed by atoms with Gasteiger partial charge in [-0.25, -0.2) is 0 Å². The summed E-state index contributed by atoms with van der Waals surface area (Å²) in [5.41, 5.74) is 0. The van der Waals surface area contributed by atoms with Gasteiger partial charge in [-0.05, 0) is 37.2 Å². The smallest absolute Gasteiger partial charge is 0.232 e. The standard InChI is InChI=1S/C20H28N6O2S/c29-20(21-15-16-6-5-11-28-16)24-19-22-17(25-7-3-1-2-4-8-25)14-18(23-19)26-9-12-27-13-10-26/h5-6,11,14H,1-4,7-10,12-13,15H2,(H2,21,22,23,24,29). The van der Waals surface area contributed by atoms with E-state index >= 15 is 0 Å². The van der Waals surface area contributed by atoms with E-state index in [1.54, 1.807) is 6.26 Å². The van der Waals surface area contributed by atoms with Gasteiger partial charge in [-0.3, -0.25) is 0 Å². The van der Waals surface area contributed by atoms with E-state index in [1.807, 2.05) is 12.1 Å². The fourth-order valence-electron chi connectivity index (χ4n) is 3.62. The molecule has 4 heterocycles. The minimum atomic E-state index is 0.474. The lowest BCUT2D eigenvalue weighted by Gasteiger charge is -2.29. The van der Waals surface area contributed by atoms with E-state index in [1.165, 1.54) is 25.7 Å². The molecule has 0 aromatic carbocycles. The van der Waals surface area contributed by atoms with Gasteiger partial charge in [0.25, 0.3) is 0 Å². The average Bonchev–Trinajstić information content (AvgIpc) is 3.13. The van der Waals surface area contributed by atoms with Gasteiger partial charge in [-0.15, -0.1) is 0 Å². The summed E-state index contributed by atoms with van der Waals surface area (Å²) in [6.45, 7) is 5.67. The molecule has 8 nitrogen and oxygen atoms in total. The van der Waals surface area contributed by atoms with Crippen LogP contribution in [0.3, 0.4) is 0 Å². The summed E-state index contributed by atoms with van der Waals surface area (Å²) in [6.07, 6.45) is 6.61. The fourth-order valence-corrected chi connectivity index (χ4v) is 3.78. The minimum absolute atomic E-state index is 0.474. The van der Waals surface area contributed by atoms with Crippen LogP contribution in [0.25, 0.3) is 0 Å². The number of aromatic nitrogens is 2. The molecule has 2 fully saturated rings. The van der Waals surface area contributed by atoms with Gasteiger partial charge >= 0.3 is 0 Å². The summed E-state index contributed by atoms with van der Waals surface area (Å²) in [4.78, 5) is 14.1. The molecule has 2 aromatic rings. The van der Waals surface area contributed by atoms with Crippen molar-refractivity contribution in [3.63, 3.8) is 0 Å². The van der Waals surface area contributed by atoms with Crippen LogP contribution in [0.2, 0.25) is 0 Å². The SMILES string of the molecule is S=C(NCc1ccco1)Nc1nc(N2CCCCCC2)cc(N2CCOCC2)n1. The quantitative estimate of drug-likeness (QED) is 0.715. The fraction of sp³-hybridized carbons (Fsp3) is 0.550. The number of morpholine rings is 1. The first-order chi connectivity index (χ1) is 14.3. The monoisotopic (exact) mass is 416 g/mol. The van der Waals surface area contributed by atoms with E-state index in [9.17, 15) is 0 Å². The Balaban J connectivity index is 1.50. The number of anilines is 3. The summed E-state index contributed by atoms with van der Waals surface area (Å²) < 4.78 is 10.8. The van der Waals surface area contributed by atoms with Crippen LogP contribution in [0.1, 0.15) is 31.4 Å². The third kappa shape index (κ3) is 5.57. The van der Waals surface area contributed by atoms with E-state index in [0.717, 1.165) is 56.8 Å². The molecule has 2 aliphatic rings. The molecule has 29 heavy (non-hydrogen) atoms. The van der Waals surface area contributed by atoms with Crippen molar-refractivity contribution < 1.29 is 9.15 Å². The lowest BCUT2D eigenvalue weighted by molar-refractivity contribution is 0.122. The first-order valence-electron chi connectivity index (χ1n) is 10.3. The molecule has 9 heteroatoms. The van der Waals surface area contributed by atoms with Crippen LogP contribution < -0.4 is 20.4 Å². The van der Waals surface area contributed by atoms with Crippen molar-refractivity contribution in [2.45, 2.75) is 32.2 Å². The predicted molar refractivity (Wildman–Crippen MR) is 118 cm³/mol. The van der Waals surface area contributed by atoms with Crippen LogP contribution in [0, 0.1) is 0 Å². The Morgan fingerprint density at radius 1 is 1.00 bits per heavy atom. The zero-order chi connectivity index (χ0) is 19.9. The van der Waals surface area contributed by atoms with E-state index in [0.29, 0.717) is 17.6 Å². The number of rotatable bonds is 5. The van der Waals surface area contributed by atoms with Crippen LogP contribution in [0.5, 0.6) is 0 Å². The Morgan fingerprint density at radius 2 is 1.69 bits per heavy atom. The van der Waals surface area contributed by atoms with E-state index in [-0.39, 0.29) is 0 Å². The molecule has 156 valence electrons. The van der Waals surface area contributed by atoms with Crippen molar-refractivity contribution in [3.05, 3.63) is 30.2 Å². The van der Waals surface area contributed by atoms with Crippen LogP contribution in [-0.2, 0) is 11.3 Å². The molecule has 4 rings (SSSR count). The van der Waals surface area contributed by atoms with Crippen LogP contribution in [0.4, 0.5) is 17.6 Å². The van der Waals surface area contributed by atoms with Gasteiger partial charge in [-0.2, -0.15) is 9.97 Å². The van der Waals surface area contributed by atoms with E-state index in [2.05, 4.69) is 26.5 Å². The molecule has 0 saturated carbocycles. The van der Waals surface area contributed by atoms with Crippen molar-refractivity contribution in [1.82, 2.24) is 15.3 Å². The van der Waals surface area contributed by atoms with Crippen molar-refractivity contribution in [2.75, 3.05) is 54.5 Å². The number of hydrogen-bond acceptors (Lipinski definition) is 7. The number of ether oxygens (including phenoxy) is 1. The third-order valence-corrected chi connectivity index (χ3v) is 5.44. The molecular formula is C20H28N6O2S. The molecule has 2 aromatic heterocycles. The maximum Gasteiger partial charge on any atom is 0.232 e. The largest absolute Gasteiger partial charge is 0.467 e. The third-order valence-electron chi connectivity index (χ3n) is 5.19. The summed E-state index contributed by atoms with van der Waals surface area (Å²) in [7, 11) is 0. The number of furan rings is 1. The second-order valence-corrected chi connectivity index (χ2v) is 7.70. The second kappa shape index (κ2) is 9.89. The molecule has 2 aliphatic heterocycles. The van der Waals surface area contributed by atoms with Crippen LogP contribution in [0.15, 0.2) is 28.9 Å². The summed E-state index contributed by atoms with van der Waals surface area (Å²) in [5, 5.41) is 6.77. The van der Waals surface area contributed by atoms with Crippen molar-refractivity contribution in [1.29, 1.82) is 0 Å². The van der Waals surface area contributed by atoms with Gasteiger partial charge in [0.1, 0.15) is 17.4 Å². The Bertz CT molecular complexity index is 786. The highest BCUT2D eigenvalue weighted by molar-refractivity contribution is 7.80. The van der Waals surface area contributed by atoms with Crippen molar-refractivity contribution >= 4 is 34.9 Å². The first-order valence-corrected chi connectivity index (χ1v) is 10.7. The zero-order valence-corrected chi connectivity index (χ0v) is 17.4. The normalized spacial score (nSPS) is 17.7. The zero-order valence-electron chi connectivity index (χ0n) is 16.6. The molecule has 2 N–H and O–H groups in total. The second-order valence-electron chi connectivity index (χ2n) is 7.30. The Kier molecular flexibility index (Phi) is 6.79. The molecule has 0 spiro atoms. The molecular weight excluding hydrogens is 388 g/mol. The van der Waals surface area contributed by atoms with Crippen molar-refractivity contribution in [2.24, 2.45) is 0 Å². The Labute approximate surface area is 176 Å². The average molecular weight is 417 g/mol. The molecule has 0 amide bonds. The van der Waals surface area contributed by atoms with E-state index < -0.39 is 0 Å². The molecule has 0 atom stereocenters. The molecule has 0 aliphatic carbocycles. The number of nitrogens with zero attached hydrogens (tertiary/aromatic N) is 4. The molecule has 0 bridgehead atoms. The van der Waals surface area contributed by atoms with Gasteiger partial charge in [0.05, 0.1) is 26.0 Å². The van der Waals surface area contributed by atoms with Crippen LogP contribution in [-0.4, -0.2) is 54.5 Å². The number of hydrogen-bond donors (Lipinski definition) is 2. The van der Waals surface area contributed by atoms with Crippen LogP contribution >= 0.6 is 12.2 Å². The maximum atomic E-state index is 5.50. The van der Waals surface area contributed by atoms with Gasteiger partial charge in [0.15, 0.2) is 5.11 Å². The van der Waals surface area contributed by atoms with E-state index in [4.69, 9.17) is 31.3 Å². The highest BCUT2D eigenvalue weighted by Crippen LogP contribution is 2.24. The summed E-state index contributed by atoms with van der Waals surface area (Å²) in [5.74, 6) is 3.21. The summed E-state index contributed by atoms with van der Waals surface area (Å²) >= 11 is 5.44. The topological polar surface area (TPSA) is 78.7 Å². The Morgan fingerprint density at radius 3 is 2.34 bits per heavy atom. The van der Waals surface area contributed by atoms with Gasteiger partial charge in [0.2, 0.25) is 5.95 Å². The molecule has 0 radical (unpaired) electrons. The molecule has 2 saturated heterocycles. The van der Waals surface area contributed by atoms with Gasteiger partial charge in [-0.1, -0.05) is 12.8 Å². The maximum absolute atomic E-state index is 5.50.